The maximum absolute atomic E-state index is 12.1. The van der Waals surface area contributed by atoms with E-state index < -0.39 is 23.5 Å². The molecule has 1 aromatic rings. The summed E-state index contributed by atoms with van der Waals surface area (Å²) in [6.07, 6.45) is 3.31. The van der Waals surface area contributed by atoms with Gasteiger partial charge in [-0.25, -0.2) is 4.79 Å². The lowest BCUT2D eigenvalue weighted by atomic mass is 9.86. The molecule has 1 N–H and O–H groups in total. The third-order valence-corrected chi connectivity index (χ3v) is 2.89. The van der Waals surface area contributed by atoms with Gasteiger partial charge in [0.2, 0.25) is 5.91 Å². The summed E-state index contributed by atoms with van der Waals surface area (Å²) in [6, 6.07) is 0.568. The van der Waals surface area contributed by atoms with Gasteiger partial charge in [0.1, 0.15) is 12.1 Å². The quantitative estimate of drug-likeness (QED) is 0.830. The SMILES string of the molecule is COC(=O)C(NC(=O)C(C)n1cccn1)C(C)(C)C. The number of esters is 1. The first kappa shape index (κ1) is 15.2. The molecular weight excluding hydrogens is 246 g/mol. The molecule has 19 heavy (non-hydrogen) atoms. The molecular formula is C13H21N3O3. The van der Waals surface area contributed by atoms with Crippen LogP contribution in [0.2, 0.25) is 0 Å². The summed E-state index contributed by atoms with van der Waals surface area (Å²) in [5, 5.41) is 6.73. The Morgan fingerprint density at radius 2 is 2.00 bits per heavy atom. The minimum atomic E-state index is -0.692. The molecule has 0 aliphatic rings. The Morgan fingerprint density at radius 3 is 2.42 bits per heavy atom. The molecule has 1 heterocycles. The van der Waals surface area contributed by atoms with Crippen molar-refractivity contribution in [3.8, 4) is 0 Å². The van der Waals surface area contributed by atoms with Gasteiger partial charge >= 0.3 is 5.97 Å². The van der Waals surface area contributed by atoms with Crippen molar-refractivity contribution >= 4 is 11.9 Å². The topological polar surface area (TPSA) is 73.2 Å². The molecule has 6 heteroatoms. The minimum Gasteiger partial charge on any atom is -0.467 e. The second kappa shape index (κ2) is 5.86. The van der Waals surface area contributed by atoms with Crippen LogP contribution in [0.15, 0.2) is 18.5 Å². The molecule has 106 valence electrons. The first-order chi connectivity index (χ1) is 8.77. The van der Waals surface area contributed by atoms with Gasteiger partial charge < -0.3 is 10.1 Å². The Balaban J connectivity index is 2.80. The number of carbonyl (C=O) groups is 2. The largest absolute Gasteiger partial charge is 0.467 e. The Hall–Kier alpha value is -1.85. The fourth-order valence-corrected chi connectivity index (χ4v) is 1.64. The van der Waals surface area contributed by atoms with Gasteiger partial charge in [-0.15, -0.1) is 0 Å². The average Bonchev–Trinajstić information content (AvgIpc) is 2.86. The Morgan fingerprint density at radius 1 is 1.37 bits per heavy atom. The second-order valence-electron chi connectivity index (χ2n) is 5.49. The van der Waals surface area contributed by atoms with Crippen molar-refractivity contribution in [1.82, 2.24) is 15.1 Å². The van der Waals surface area contributed by atoms with Crippen LogP contribution in [0.4, 0.5) is 0 Å². The summed E-state index contributed by atoms with van der Waals surface area (Å²) in [5.41, 5.74) is -0.424. The number of nitrogens with one attached hydrogen (secondary N) is 1. The number of carbonyl (C=O) groups excluding carboxylic acids is 2. The predicted octanol–water partition coefficient (Wildman–Crippen LogP) is 1.15. The van der Waals surface area contributed by atoms with Gasteiger partial charge in [0.15, 0.2) is 0 Å². The zero-order valence-corrected chi connectivity index (χ0v) is 12.0. The van der Waals surface area contributed by atoms with Crippen LogP contribution in [-0.4, -0.2) is 34.8 Å². The highest BCUT2D eigenvalue weighted by Gasteiger charge is 2.34. The van der Waals surface area contributed by atoms with Crippen LogP contribution in [0.3, 0.4) is 0 Å². The van der Waals surface area contributed by atoms with Gasteiger partial charge in [0, 0.05) is 12.4 Å². The number of methoxy groups -OCH3 is 1. The van der Waals surface area contributed by atoms with Gasteiger partial charge in [0.05, 0.1) is 7.11 Å². The summed E-state index contributed by atoms with van der Waals surface area (Å²) < 4.78 is 6.27. The van der Waals surface area contributed by atoms with Gasteiger partial charge in [-0.2, -0.15) is 5.10 Å². The molecule has 0 spiro atoms. The Labute approximate surface area is 113 Å². The van der Waals surface area contributed by atoms with Crippen molar-refractivity contribution in [2.75, 3.05) is 7.11 Å². The number of aromatic nitrogens is 2. The number of hydrogen-bond donors (Lipinski definition) is 1. The number of nitrogens with zero attached hydrogens (tertiary/aromatic N) is 2. The molecule has 0 saturated carbocycles. The van der Waals surface area contributed by atoms with Crippen LogP contribution in [0.5, 0.6) is 0 Å². The van der Waals surface area contributed by atoms with Crippen molar-refractivity contribution < 1.29 is 14.3 Å². The molecule has 0 aromatic carbocycles. The maximum Gasteiger partial charge on any atom is 0.328 e. The fourth-order valence-electron chi connectivity index (χ4n) is 1.64. The average molecular weight is 267 g/mol. The summed E-state index contributed by atoms with van der Waals surface area (Å²) in [4.78, 5) is 23.9. The lowest BCUT2D eigenvalue weighted by molar-refractivity contribution is -0.148. The molecule has 6 nitrogen and oxygen atoms in total. The van der Waals surface area contributed by atoms with Crippen molar-refractivity contribution in [3.63, 3.8) is 0 Å². The van der Waals surface area contributed by atoms with Crippen LogP contribution in [0.1, 0.15) is 33.7 Å². The van der Waals surface area contributed by atoms with Crippen molar-refractivity contribution in [2.45, 2.75) is 39.8 Å². The molecule has 0 fully saturated rings. The first-order valence-corrected chi connectivity index (χ1v) is 6.14. The number of ether oxygens (including phenoxy) is 1. The van der Waals surface area contributed by atoms with E-state index in [0.717, 1.165) is 0 Å². The number of amides is 1. The van der Waals surface area contributed by atoms with E-state index in [4.69, 9.17) is 4.74 Å². The first-order valence-electron chi connectivity index (χ1n) is 6.14. The summed E-state index contributed by atoms with van der Waals surface area (Å²) in [6.45, 7) is 7.33. The molecule has 2 unspecified atom stereocenters. The number of rotatable bonds is 4. The molecule has 1 amide bonds. The molecule has 0 aliphatic heterocycles. The van der Waals surface area contributed by atoms with Crippen LogP contribution in [-0.2, 0) is 14.3 Å². The molecule has 0 bridgehead atoms. The highest BCUT2D eigenvalue weighted by molar-refractivity contribution is 5.86. The van der Waals surface area contributed by atoms with E-state index in [1.54, 1.807) is 25.4 Å². The number of hydrogen-bond acceptors (Lipinski definition) is 4. The monoisotopic (exact) mass is 267 g/mol. The van der Waals surface area contributed by atoms with Crippen molar-refractivity contribution in [1.29, 1.82) is 0 Å². The van der Waals surface area contributed by atoms with Gasteiger partial charge in [0.25, 0.3) is 0 Å². The molecule has 2 atom stereocenters. The lowest BCUT2D eigenvalue weighted by Gasteiger charge is -2.30. The normalized spacial score (nSPS) is 14.6. The Bertz CT molecular complexity index is 434. The standard InChI is InChI=1S/C13H21N3O3/c1-9(16-8-6-7-14-16)11(17)15-10(12(18)19-5)13(2,3)4/h6-10H,1-5H3,(H,15,17). The van der Waals surface area contributed by atoms with Crippen molar-refractivity contribution in [3.05, 3.63) is 18.5 Å². The van der Waals surface area contributed by atoms with E-state index in [1.807, 2.05) is 20.8 Å². The van der Waals surface area contributed by atoms with E-state index in [2.05, 4.69) is 10.4 Å². The Kier molecular flexibility index (Phi) is 4.69. The van der Waals surface area contributed by atoms with Crippen LogP contribution < -0.4 is 5.32 Å². The fraction of sp³-hybridized carbons (Fsp3) is 0.615. The molecule has 1 rings (SSSR count). The highest BCUT2D eigenvalue weighted by Crippen LogP contribution is 2.21. The second-order valence-corrected chi connectivity index (χ2v) is 5.49. The summed E-state index contributed by atoms with van der Waals surface area (Å²) in [7, 11) is 1.31. The summed E-state index contributed by atoms with van der Waals surface area (Å²) in [5.74, 6) is -0.720. The van der Waals surface area contributed by atoms with Crippen LogP contribution >= 0.6 is 0 Å². The third kappa shape index (κ3) is 3.81. The smallest absolute Gasteiger partial charge is 0.328 e. The highest BCUT2D eigenvalue weighted by atomic mass is 16.5. The van der Waals surface area contributed by atoms with Gasteiger partial charge in [-0.3, -0.25) is 9.48 Å². The maximum atomic E-state index is 12.1. The third-order valence-electron chi connectivity index (χ3n) is 2.89. The molecule has 0 saturated heterocycles. The van der Waals surface area contributed by atoms with Crippen molar-refractivity contribution in [2.24, 2.45) is 5.41 Å². The van der Waals surface area contributed by atoms with E-state index in [-0.39, 0.29) is 5.91 Å². The van der Waals surface area contributed by atoms with E-state index in [1.165, 1.54) is 11.8 Å². The van der Waals surface area contributed by atoms with E-state index in [9.17, 15) is 9.59 Å². The predicted molar refractivity (Wildman–Crippen MR) is 70.3 cm³/mol. The van der Waals surface area contributed by atoms with Gasteiger partial charge in [-0.1, -0.05) is 20.8 Å². The molecule has 0 aliphatic carbocycles. The zero-order valence-electron chi connectivity index (χ0n) is 12.0. The van der Waals surface area contributed by atoms with Gasteiger partial charge in [-0.05, 0) is 18.4 Å². The lowest BCUT2D eigenvalue weighted by Crippen LogP contribution is -2.51. The molecule has 1 aromatic heterocycles. The van der Waals surface area contributed by atoms with Crippen LogP contribution in [0.25, 0.3) is 0 Å². The zero-order chi connectivity index (χ0) is 14.6. The van der Waals surface area contributed by atoms with E-state index in [0.29, 0.717) is 0 Å². The summed E-state index contributed by atoms with van der Waals surface area (Å²) >= 11 is 0. The molecule has 0 radical (unpaired) electrons. The minimum absolute atomic E-state index is 0.269. The van der Waals surface area contributed by atoms with Crippen LogP contribution in [0, 0.1) is 5.41 Å². The van der Waals surface area contributed by atoms with E-state index >= 15 is 0 Å².